The molecule has 0 spiro atoms. The second-order valence-corrected chi connectivity index (χ2v) is 4.82. The van der Waals surface area contributed by atoms with Gasteiger partial charge < -0.3 is 10.2 Å². The van der Waals surface area contributed by atoms with E-state index in [1.54, 1.807) is 0 Å². The first-order valence-electron chi connectivity index (χ1n) is 5.32. The molecule has 3 aliphatic carbocycles. The summed E-state index contributed by atoms with van der Waals surface area (Å²) in [5.74, 6) is 1.83. The van der Waals surface area contributed by atoms with E-state index in [1.165, 1.54) is 6.42 Å². The molecule has 0 aromatic carbocycles. The fraction of sp³-hybridized carbons (Fsp3) is 0.818. The minimum absolute atomic E-state index is 0.159. The second-order valence-electron chi connectivity index (χ2n) is 4.82. The van der Waals surface area contributed by atoms with Gasteiger partial charge in [-0.1, -0.05) is 12.2 Å². The van der Waals surface area contributed by atoms with E-state index in [4.69, 9.17) is 0 Å². The molecule has 3 aliphatic rings. The van der Waals surface area contributed by atoms with Crippen LogP contribution in [0, 0.1) is 23.7 Å². The van der Waals surface area contributed by atoms with Crippen molar-refractivity contribution in [2.75, 3.05) is 0 Å². The summed E-state index contributed by atoms with van der Waals surface area (Å²) in [7, 11) is 0. The number of rotatable bonds is 0. The summed E-state index contributed by atoms with van der Waals surface area (Å²) in [5.41, 5.74) is 0. The van der Waals surface area contributed by atoms with Crippen molar-refractivity contribution in [2.24, 2.45) is 23.7 Å². The highest BCUT2D eigenvalue weighted by Gasteiger charge is 2.52. The standard InChI is InChI=1S/C11H16O2/c12-8-3-4-9(13)11-7-2-1-6(5-7)10(8)11/h1-2,6-13H,3-5H2/t6-,7+,8+,9-,10?,11?. The van der Waals surface area contributed by atoms with Gasteiger partial charge in [-0.15, -0.1) is 0 Å². The van der Waals surface area contributed by atoms with Crippen LogP contribution < -0.4 is 0 Å². The van der Waals surface area contributed by atoms with Gasteiger partial charge in [0.25, 0.3) is 0 Å². The quantitative estimate of drug-likeness (QED) is 0.545. The second kappa shape index (κ2) is 2.58. The molecule has 0 aliphatic heterocycles. The summed E-state index contributed by atoms with van der Waals surface area (Å²) < 4.78 is 0. The molecule has 0 aromatic rings. The Hall–Kier alpha value is -0.340. The van der Waals surface area contributed by atoms with E-state index in [0.29, 0.717) is 23.7 Å². The molecule has 3 rings (SSSR count). The lowest BCUT2D eigenvalue weighted by Crippen LogP contribution is -2.42. The SMILES string of the molecule is O[C@@H]1CC[C@H](O)C2C1[C@H]1C=C[C@@H]2C1. The van der Waals surface area contributed by atoms with Crippen LogP contribution in [0.2, 0.25) is 0 Å². The van der Waals surface area contributed by atoms with Gasteiger partial charge >= 0.3 is 0 Å². The maximum Gasteiger partial charge on any atom is 0.0578 e. The number of hydrogen-bond acceptors (Lipinski definition) is 2. The van der Waals surface area contributed by atoms with E-state index < -0.39 is 0 Å². The Morgan fingerprint density at radius 2 is 1.31 bits per heavy atom. The normalized spacial score (nSPS) is 58.3. The summed E-state index contributed by atoms with van der Waals surface area (Å²) in [6, 6.07) is 0. The third-order valence-corrected chi connectivity index (χ3v) is 4.23. The lowest BCUT2D eigenvalue weighted by Gasteiger charge is -2.39. The van der Waals surface area contributed by atoms with Gasteiger partial charge in [0.2, 0.25) is 0 Å². The zero-order valence-corrected chi connectivity index (χ0v) is 7.63. The molecule has 13 heavy (non-hydrogen) atoms. The molecule has 2 N–H and O–H groups in total. The summed E-state index contributed by atoms with van der Waals surface area (Å²) in [5, 5.41) is 19.7. The first kappa shape index (κ1) is 8.01. The molecule has 0 amide bonds. The predicted molar refractivity (Wildman–Crippen MR) is 49.0 cm³/mol. The number of fused-ring (bicyclic) bond motifs is 5. The molecule has 2 heteroatoms. The molecule has 2 saturated carbocycles. The number of aliphatic hydroxyl groups is 2. The van der Waals surface area contributed by atoms with Crippen LogP contribution in [-0.4, -0.2) is 22.4 Å². The third kappa shape index (κ3) is 0.960. The van der Waals surface area contributed by atoms with Crippen LogP contribution in [0.5, 0.6) is 0 Å². The molecule has 0 radical (unpaired) electrons. The summed E-state index contributed by atoms with van der Waals surface area (Å²) in [6.07, 6.45) is 6.92. The van der Waals surface area contributed by atoms with E-state index >= 15 is 0 Å². The summed E-state index contributed by atoms with van der Waals surface area (Å²) in [6.45, 7) is 0. The first-order valence-corrected chi connectivity index (χ1v) is 5.32. The van der Waals surface area contributed by atoms with Gasteiger partial charge in [0.15, 0.2) is 0 Å². The van der Waals surface area contributed by atoms with Gasteiger partial charge in [-0.05, 0) is 42.9 Å². The van der Waals surface area contributed by atoms with E-state index in [1.807, 2.05) is 0 Å². The fourth-order valence-electron chi connectivity index (χ4n) is 3.71. The van der Waals surface area contributed by atoms with Crippen molar-refractivity contribution in [2.45, 2.75) is 31.5 Å². The van der Waals surface area contributed by atoms with E-state index in [0.717, 1.165) is 12.8 Å². The van der Waals surface area contributed by atoms with Gasteiger partial charge in [-0.2, -0.15) is 0 Å². The van der Waals surface area contributed by atoms with Crippen LogP contribution in [0.15, 0.2) is 12.2 Å². The number of aliphatic hydroxyl groups excluding tert-OH is 2. The molecule has 6 atom stereocenters. The Balaban J connectivity index is 1.94. The third-order valence-electron chi connectivity index (χ3n) is 4.23. The zero-order valence-electron chi connectivity index (χ0n) is 7.63. The van der Waals surface area contributed by atoms with Gasteiger partial charge in [0.1, 0.15) is 0 Å². The van der Waals surface area contributed by atoms with Crippen LogP contribution in [0.1, 0.15) is 19.3 Å². The molecule has 2 fully saturated rings. The molecule has 0 aromatic heterocycles. The topological polar surface area (TPSA) is 40.5 Å². The highest BCUT2D eigenvalue weighted by molar-refractivity contribution is 5.17. The highest BCUT2D eigenvalue weighted by Crippen LogP contribution is 2.53. The molecule has 0 saturated heterocycles. The largest absolute Gasteiger partial charge is 0.393 e. The van der Waals surface area contributed by atoms with Crippen LogP contribution in [0.4, 0.5) is 0 Å². The van der Waals surface area contributed by atoms with Crippen LogP contribution in [0.25, 0.3) is 0 Å². The Labute approximate surface area is 78.3 Å². The monoisotopic (exact) mass is 180 g/mol. The van der Waals surface area contributed by atoms with Crippen molar-refractivity contribution in [3.05, 3.63) is 12.2 Å². The first-order chi connectivity index (χ1) is 6.27. The fourth-order valence-corrected chi connectivity index (χ4v) is 3.71. The van der Waals surface area contributed by atoms with Gasteiger partial charge in [-0.25, -0.2) is 0 Å². The van der Waals surface area contributed by atoms with Crippen molar-refractivity contribution in [1.29, 1.82) is 0 Å². The maximum absolute atomic E-state index is 9.87. The van der Waals surface area contributed by atoms with Crippen molar-refractivity contribution in [1.82, 2.24) is 0 Å². The van der Waals surface area contributed by atoms with Gasteiger partial charge in [-0.3, -0.25) is 0 Å². The molecule has 72 valence electrons. The Kier molecular flexibility index (Phi) is 1.59. The molecule has 0 heterocycles. The highest BCUT2D eigenvalue weighted by atomic mass is 16.3. The van der Waals surface area contributed by atoms with Gasteiger partial charge in [0.05, 0.1) is 12.2 Å². The van der Waals surface area contributed by atoms with E-state index in [9.17, 15) is 10.2 Å². The smallest absolute Gasteiger partial charge is 0.0578 e. The van der Waals surface area contributed by atoms with Crippen molar-refractivity contribution in [3.8, 4) is 0 Å². The Morgan fingerprint density at radius 1 is 0.846 bits per heavy atom. The molecule has 2 nitrogen and oxygen atoms in total. The van der Waals surface area contributed by atoms with Crippen molar-refractivity contribution in [3.63, 3.8) is 0 Å². The molecule has 2 bridgehead atoms. The lowest BCUT2D eigenvalue weighted by atomic mass is 9.70. The minimum Gasteiger partial charge on any atom is -0.393 e. The average Bonchev–Trinajstić information content (AvgIpc) is 2.70. The summed E-state index contributed by atoms with van der Waals surface area (Å²) >= 11 is 0. The Bertz CT molecular complexity index is 224. The van der Waals surface area contributed by atoms with Crippen LogP contribution in [-0.2, 0) is 0 Å². The maximum atomic E-state index is 9.87. The summed E-state index contributed by atoms with van der Waals surface area (Å²) in [4.78, 5) is 0. The minimum atomic E-state index is -0.159. The molecular weight excluding hydrogens is 164 g/mol. The number of allylic oxidation sites excluding steroid dienone is 2. The van der Waals surface area contributed by atoms with E-state index in [2.05, 4.69) is 12.2 Å². The predicted octanol–water partition coefficient (Wildman–Crippen LogP) is 0.940. The van der Waals surface area contributed by atoms with Gasteiger partial charge in [0, 0.05) is 0 Å². The van der Waals surface area contributed by atoms with E-state index in [-0.39, 0.29) is 12.2 Å². The molecular formula is C11H16O2. The van der Waals surface area contributed by atoms with Crippen LogP contribution >= 0.6 is 0 Å². The Morgan fingerprint density at radius 3 is 1.77 bits per heavy atom. The number of hydrogen-bond donors (Lipinski definition) is 2. The van der Waals surface area contributed by atoms with Crippen molar-refractivity contribution < 1.29 is 10.2 Å². The molecule has 2 unspecified atom stereocenters. The van der Waals surface area contributed by atoms with Crippen LogP contribution in [0.3, 0.4) is 0 Å². The zero-order chi connectivity index (χ0) is 9.00. The lowest BCUT2D eigenvalue weighted by molar-refractivity contribution is -0.0473. The van der Waals surface area contributed by atoms with Crippen molar-refractivity contribution >= 4 is 0 Å². The average molecular weight is 180 g/mol.